The van der Waals surface area contributed by atoms with E-state index in [9.17, 15) is 0 Å². The van der Waals surface area contributed by atoms with Crippen molar-refractivity contribution in [2.24, 2.45) is 5.84 Å². The maximum atomic E-state index is 5.95. The van der Waals surface area contributed by atoms with Crippen molar-refractivity contribution in [3.63, 3.8) is 0 Å². The summed E-state index contributed by atoms with van der Waals surface area (Å²) in [6.07, 6.45) is 1.42. The molecule has 1 aromatic heterocycles. The summed E-state index contributed by atoms with van der Waals surface area (Å²) < 4.78 is 6.43. The number of aryl methyl sites for hydroxylation is 1. The van der Waals surface area contributed by atoms with Crippen molar-refractivity contribution in [1.29, 1.82) is 0 Å². The van der Waals surface area contributed by atoms with Crippen molar-refractivity contribution in [3.8, 4) is 11.6 Å². The van der Waals surface area contributed by atoms with Crippen molar-refractivity contribution >= 4 is 33.5 Å². The lowest BCUT2D eigenvalue weighted by Crippen LogP contribution is -2.10. The first-order valence-electron chi connectivity index (χ1n) is 5.03. The molecule has 0 aliphatic heterocycles. The van der Waals surface area contributed by atoms with E-state index in [0.717, 1.165) is 10.0 Å². The second-order valence-electron chi connectivity index (χ2n) is 3.53. The smallest absolute Gasteiger partial charge is 0.243 e. The van der Waals surface area contributed by atoms with Gasteiger partial charge in [-0.2, -0.15) is 4.98 Å². The first-order valence-corrected chi connectivity index (χ1v) is 6.20. The molecule has 0 unspecified atom stereocenters. The Morgan fingerprint density at radius 3 is 2.89 bits per heavy atom. The van der Waals surface area contributed by atoms with Gasteiger partial charge in [-0.3, -0.25) is 5.43 Å². The zero-order valence-corrected chi connectivity index (χ0v) is 11.8. The van der Waals surface area contributed by atoms with E-state index in [0.29, 0.717) is 10.8 Å². The Bertz CT molecular complexity index is 579. The van der Waals surface area contributed by atoms with Crippen molar-refractivity contribution in [2.45, 2.75) is 6.92 Å². The molecule has 1 aromatic carbocycles. The highest BCUT2D eigenvalue weighted by atomic mass is 79.9. The largest absolute Gasteiger partial charge is 0.436 e. The molecular weight excluding hydrogens is 320 g/mol. The van der Waals surface area contributed by atoms with Crippen LogP contribution in [0.15, 0.2) is 28.9 Å². The average Bonchev–Trinajstić information content (AvgIpc) is 2.35. The molecule has 0 aliphatic rings. The van der Waals surface area contributed by atoms with Crippen LogP contribution in [0.4, 0.5) is 5.95 Å². The Labute approximate surface area is 117 Å². The van der Waals surface area contributed by atoms with E-state index in [-0.39, 0.29) is 11.8 Å². The summed E-state index contributed by atoms with van der Waals surface area (Å²) >= 11 is 9.37. The van der Waals surface area contributed by atoms with Crippen LogP contribution >= 0.6 is 27.5 Å². The number of halogens is 2. The fourth-order valence-electron chi connectivity index (χ4n) is 1.29. The third-order valence-corrected chi connectivity index (χ3v) is 3.01. The van der Waals surface area contributed by atoms with Crippen LogP contribution < -0.4 is 16.0 Å². The van der Waals surface area contributed by atoms with Crippen molar-refractivity contribution < 1.29 is 4.74 Å². The summed E-state index contributed by atoms with van der Waals surface area (Å²) in [4.78, 5) is 7.89. The number of hydrogen-bond acceptors (Lipinski definition) is 5. The molecule has 0 radical (unpaired) electrons. The number of hydrazine groups is 1. The van der Waals surface area contributed by atoms with Gasteiger partial charge in [-0.15, -0.1) is 0 Å². The zero-order valence-electron chi connectivity index (χ0n) is 9.45. The van der Waals surface area contributed by atoms with Crippen LogP contribution in [0.3, 0.4) is 0 Å². The SMILES string of the molecule is Cc1ccc(Oc2nc(NN)ncc2Cl)c(Br)c1. The van der Waals surface area contributed by atoms with Crippen LogP contribution in [0.5, 0.6) is 11.6 Å². The Balaban J connectivity index is 2.33. The summed E-state index contributed by atoms with van der Waals surface area (Å²) in [6, 6.07) is 5.69. The van der Waals surface area contributed by atoms with Crippen molar-refractivity contribution in [2.75, 3.05) is 5.43 Å². The van der Waals surface area contributed by atoms with Crippen LogP contribution in [0.1, 0.15) is 5.56 Å². The summed E-state index contributed by atoms with van der Waals surface area (Å²) in [5.41, 5.74) is 3.45. The van der Waals surface area contributed by atoms with Gasteiger partial charge in [0.2, 0.25) is 11.8 Å². The first kappa shape index (κ1) is 13.1. The number of nitrogens with one attached hydrogen (secondary N) is 1. The third kappa shape index (κ3) is 2.90. The minimum atomic E-state index is 0.234. The minimum absolute atomic E-state index is 0.234. The fraction of sp³-hybridized carbons (Fsp3) is 0.0909. The molecular formula is C11H10BrClN4O. The van der Waals surface area contributed by atoms with Crippen LogP contribution in [-0.2, 0) is 0 Å². The highest BCUT2D eigenvalue weighted by molar-refractivity contribution is 9.10. The van der Waals surface area contributed by atoms with Gasteiger partial charge in [0.25, 0.3) is 0 Å². The minimum Gasteiger partial charge on any atom is -0.436 e. The van der Waals surface area contributed by atoms with Gasteiger partial charge in [0.1, 0.15) is 10.8 Å². The standard InChI is InChI=1S/C11H10BrClN4O/c1-6-2-3-9(7(12)4-6)18-10-8(13)5-15-11(16-10)17-14/h2-5H,14H2,1H3,(H,15,16,17). The Hall–Kier alpha value is -1.37. The topological polar surface area (TPSA) is 73.1 Å². The number of nitrogen functional groups attached to an aromatic ring is 1. The van der Waals surface area contributed by atoms with Gasteiger partial charge < -0.3 is 4.74 Å². The van der Waals surface area contributed by atoms with Gasteiger partial charge >= 0.3 is 0 Å². The molecule has 18 heavy (non-hydrogen) atoms. The van der Waals surface area contributed by atoms with Crippen LogP contribution in [0.25, 0.3) is 0 Å². The van der Waals surface area contributed by atoms with E-state index in [1.165, 1.54) is 6.20 Å². The molecule has 94 valence electrons. The number of nitrogens with two attached hydrogens (primary N) is 1. The van der Waals surface area contributed by atoms with Gasteiger partial charge in [-0.1, -0.05) is 17.7 Å². The van der Waals surface area contributed by atoms with Gasteiger partial charge in [0.05, 0.1) is 10.7 Å². The molecule has 1 heterocycles. The number of anilines is 1. The lowest BCUT2D eigenvalue weighted by atomic mass is 10.2. The molecule has 7 heteroatoms. The molecule has 5 nitrogen and oxygen atoms in total. The molecule has 2 rings (SSSR count). The summed E-state index contributed by atoms with van der Waals surface area (Å²) in [6.45, 7) is 1.99. The van der Waals surface area contributed by atoms with Crippen LogP contribution in [0, 0.1) is 6.92 Å². The maximum absolute atomic E-state index is 5.95. The third-order valence-electron chi connectivity index (χ3n) is 2.14. The number of nitrogens with zero attached hydrogens (tertiary/aromatic N) is 2. The number of rotatable bonds is 3. The number of aromatic nitrogens is 2. The average molecular weight is 330 g/mol. The van der Waals surface area contributed by atoms with Crippen LogP contribution in [-0.4, -0.2) is 9.97 Å². The number of ether oxygens (including phenoxy) is 1. The zero-order chi connectivity index (χ0) is 13.1. The molecule has 0 saturated carbocycles. The van der Waals surface area contributed by atoms with E-state index in [2.05, 4.69) is 31.3 Å². The van der Waals surface area contributed by atoms with Crippen molar-refractivity contribution in [3.05, 3.63) is 39.5 Å². The Morgan fingerprint density at radius 1 is 1.44 bits per heavy atom. The van der Waals surface area contributed by atoms with Gasteiger partial charge in [-0.05, 0) is 40.5 Å². The monoisotopic (exact) mass is 328 g/mol. The highest BCUT2D eigenvalue weighted by Gasteiger charge is 2.09. The molecule has 2 aromatic rings. The van der Waals surface area contributed by atoms with E-state index < -0.39 is 0 Å². The van der Waals surface area contributed by atoms with Crippen LogP contribution in [0.2, 0.25) is 5.02 Å². The second kappa shape index (κ2) is 5.51. The summed E-state index contributed by atoms with van der Waals surface area (Å²) in [5.74, 6) is 6.32. The number of benzene rings is 1. The maximum Gasteiger partial charge on any atom is 0.243 e. The highest BCUT2D eigenvalue weighted by Crippen LogP contribution is 2.32. The number of hydrogen-bond donors (Lipinski definition) is 2. The molecule has 0 aliphatic carbocycles. The Morgan fingerprint density at radius 2 is 2.22 bits per heavy atom. The predicted molar refractivity (Wildman–Crippen MR) is 73.8 cm³/mol. The quantitative estimate of drug-likeness (QED) is 0.668. The van der Waals surface area contributed by atoms with Gasteiger partial charge in [-0.25, -0.2) is 10.8 Å². The lowest BCUT2D eigenvalue weighted by molar-refractivity contribution is 0.459. The fourth-order valence-corrected chi connectivity index (χ4v) is 1.99. The normalized spacial score (nSPS) is 10.2. The summed E-state index contributed by atoms with van der Waals surface area (Å²) in [7, 11) is 0. The summed E-state index contributed by atoms with van der Waals surface area (Å²) in [5, 5.41) is 0.307. The molecule has 0 fully saturated rings. The van der Waals surface area contributed by atoms with E-state index in [4.69, 9.17) is 22.2 Å². The van der Waals surface area contributed by atoms with E-state index >= 15 is 0 Å². The molecule has 3 N–H and O–H groups in total. The Kier molecular flexibility index (Phi) is 4.00. The van der Waals surface area contributed by atoms with Crippen molar-refractivity contribution in [1.82, 2.24) is 9.97 Å². The van der Waals surface area contributed by atoms with Gasteiger partial charge in [0.15, 0.2) is 0 Å². The van der Waals surface area contributed by atoms with E-state index in [1.54, 1.807) is 0 Å². The molecule has 0 bridgehead atoms. The van der Waals surface area contributed by atoms with E-state index in [1.807, 2.05) is 25.1 Å². The lowest BCUT2D eigenvalue weighted by Gasteiger charge is -2.09. The predicted octanol–water partition coefficient (Wildman–Crippen LogP) is 3.28. The molecule has 0 amide bonds. The van der Waals surface area contributed by atoms with Gasteiger partial charge in [0, 0.05) is 0 Å². The second-order valence-corrected chi connectivity index (χ2v) is 4.79. The molecule has 0 atom stereocenters. The first-order chi connectivity index (χ1) is 8.60. The molecule has 0 spiro atoms. The molecule has 0 saturated heterocycles.